The molecule has 0 radical (unpaired) electrons. The summed E-state index contributed by atoms with van der Waals surface area (Å²) in [5.74, 6) is 0.214. The van der Waals surface area contributed by atoms with E-state index in [1.54, 1.807) is 12.1 Å². The lowest BCUT2D eigenvalue weighted by atomic mass is 10.1. The van der Waals surface area contributed by atoms with Gasteiger partial charge in [-0.25, -0.2) is 13.6 Å². The molecule has 6 heteroatoms. The highest BCUT2D eigenvalue weighted by Gasteiger charge is 2.22. The number of nitrogens with one attached hydrogen (secondary N) is 1. The molecule has 1 aromatic carbocycles. The van der Waals surface area contributed by atoms with Crippen molar-refractivity contribution in [2.75, 3.05) is 12.3 Å². The number of benzene rings is 1. The number of hydrogen-bond acceptors (Lipinski definition) is 4. The quantitative estimate of drug-likeness (QED) is 0.720. The Morgan fingerprint density at radius 3 is 2.94 bits per heavy atom. The van der Waals surface area contributed by atoms with Crippen LogP contribution >= 0.6 is 0 Å². The first-order valence-corrected chi connectivity index (χ1v) is 7.23. The SMILES string of the molecule is NS(=O)(=O)CCNC1CCc2cc(O)ccc21. The fourth-order valence-electron chi connectivity index (χ4n) is 2.19. The Labute approximate surface area is 101 Å². The van der Waals surface area contributed by atoms with Gasteiger partial charge in [0.05, 0.1) is 5.75 Å². The molecule has 1 aromatic rings. The van der Waals surface area contributed by atoms with Crippen LogP contribution in [0.15, 0.2) is 18.2 Å². The summed E-state index contributed by atoms with van der Waals surface area (Å²) in [7, 11) is -3.40. The number of hydrogen-bond donors (Lipinski definition) is 3. The number of aromatic hydroxyl groups is 1. The predicted molar refractivity (Wildman–Crippen MR) is 65.1 cm³/mol. The van der Waals surface area contributed by atoms with Crippen LogP contribution in [-0.4, -0.2) is 25.8 Å². The van der Waals surface area contributed by atoms with Gasteiger partial charge in [-0.1, -0.05) is 6.07 Å². The number of phenolic OH excluding ortho intramolecular Hbond substituents is 1. The zero-order valence-corrected chi connectivity index (χ0v) is 10.2. The molecule has 0 amide bonds. The molecule has 2 rings (SSSR count). The second-order valence-corrected chi connectivity index (χ2v) is 6.03. The smallest absolute Gasteiger partial charge is 0.210 e. The van der Waals surface area contributed by atoms with Gasteiger partial charge in [-0.2, -0.15) is 0 Å². The van der Waals surface area contributed by atoms with Gasteiger partial charge >= 0.3 is 0 Å². The molecule has 5 nitrogen and oxygen atoms in total. The van der Waals surface area contributed by atoms with Gasteiger partial charge in [-0.05, 0) is 36.1 Å². The highest BCUT2D eigenvalue weighted by Crippen LogP contribution is 2.32. The summed E-state index contributed by atoms with van der Waals surface area (Å²) in [5.41, 5.74) is 2.26. The molecule has 0 fully saturated rings. The van der Waals surface area contributed by atoms with Gasteiger partial charge in [-0.3, -0.25) is 0 Å². The van der Waals surface area contributed by atoms with Crippen LogP contribution in [0.2, 0.25) is 0 Å². The lowest BCUT2D eigenvalue weighted by molar-refractivity contribution is 0.474. The lowest BCUT2D eigenvalue weighted by Crippen LogP contribution is -2.29. The Balaban J connectivity index is 1.98. The van der Waals surface area contributed by atoms with Crippen LogP contribution in [0.25, 0.3) is 0 Å². The van der Waals surface area contributed by atoms with Gasteiger partial charge in [-0.15, -0.1) is 0 Å². The number of phenols is 1. The summed E-state index contributed by atoms with van der Waals surface area (Å²) >= 11 is 0. The van der Waals surface area contributed by atoms with Crippen LogP contribution in [0.4, 0.5) is 0 Å². The first-order valence-electron chi connectivity index (χ1n) is 5.51. The van der Waals surface area contributed by atoms with Crippen LogP contribution in [0.1, 0.15) is 23.6 Å². The molecule has 1 aliphatic carbocycles. The van der Waals surface area contributed by atoms with E-state index in [-0.39, 0.29) is 17.5 Å². The summed E-state index contributed by atoms with van der Waals surface area (Å²) in [4.78, 5) is 0. The van der Waals surface area contributed by atoms with Gasteiger partial charge in [0.15, 0.2) is 0 Å². The Morgan fingerprint density at radius 1 is 1.47 bits per heavy atom. The van der Waals surface area contributed by atoms with Crippen molar-refractivity contribution >= 4 is 10.0 Å². The lowest BCUT2D eigenvalue weighted by Gasteiger charge is -2.13. The second-order valence-electron chi connectivity index (χ2n) is 4.30. The van der Waals surface area contributed by atoms with Crippen LogP contribution in [0.3, 0.4) is 0 Å². The molecule has 0 saturated heterocycles. The van der Waals surface area contributed by atoms with E-state index in [0.717, 1.165) is 24.0 Å². The molecule has 0 bridgehead atoms. The average molecular weight is 256 g/mol. The fraction of sp³-hybridized carbons (Fsp3) is 0.455. The Kier molecular flexibility index (Phi) is 3.37. The van der Waals surface area contributed by atoms with Crippen LogP contribution in [0, 0.1) is 0 Å². The van der Waals surface area contributed by atoms with Gasteiger partial charge in [0.25, 0.3) is 0 Å². The number of primary sulfonamides is 1. The molecule has 0 saturated carbocycles. The number of aryl methyl sites for hydroxylation is 1. The summed E-state index contributed by atoms with van der Waals surface area (Å²) < 4.78 is 21.6. The molecule has 1 aliphatic rings. The van der Waals surface area contributed by atoms with E-state index in [0.29, 0.717) is 6.54 Å². The first-order chi connectivity index (χ1) is 7.96. The molecule has 17 heavy (non-hydrogen) atoms. The summed E-state index contributed by atoms with van der Waals surface area (Å²) in [6.45, 7) is 0.351. The van der Waals surface area contributed by atoms with Crippen molar-refractivity contribution in [1.29, 1.82) is 0 Å². The van der Waals surface area contributed by atoms with E-state index in [1.165, 1.54) is 0 Å². The van der Waals surface area contributed by atoms with Crippen molar-refractivity contribution in [1.82, 2.24) is 5.32 Å². The van der Waals surface area contributed by atoms with E-state index in [1.807, 2.05) is 6.07 Å². The van der Waals surface area contributed by atoms with Crippen LogP contribution < -0.4 is 10.5 Å². The van der Waals surface area contributed by atoms with Crippen molar-refractivity contribution < 1.29 is 13.5 Å². The van der Waals surface area contributed by atoms with Crippen molar-refractivity contribution in [2.24, 2.45) is 5.14 Å². The van der Waals surface area contributed by atoms with Crippen LogP contribution in [-0.2, 0) is 16.4 Å². The second kappa shape index (κ2) is 4.64. The minimum Gasteiger partial charge on any atom is -0.508 e. The molecule has 0 spiro atoms. The number of nitrogens with two attached hydrogens (primary N) is 1. The largest absolute Gasteiger partial charge is 0.508 e. The maximum absolute atomic E-state index is 10.8. The minimum absolute atomic E-state index is 0.0586. The monoisotopic (exact) mass is 256 g/mol. The molecule has 0 heterocycles. The minimum atomic E-state index is -3.40. The average Bonchev–Trinajstić information content (AvgIpc) is 2.59. The maximum atomic E-state index is 10.8. The van der Waals surface area contributed by atoms with E-state index in [9.17, 15) is 13.5 Å². The Hall–Kier alpha value is -1.11. The zero-order chi connectivity index (χ0) is 12.5. The number of fused-ring (bicyclic) bond motifs is 1. The number of sulfonamides is 1. The van der Waals surface area contributed by atoms with Gasteiger partial charge in [0, 0.05) is 12.6 Å². The molecule has 1 unspecified atom stereocenters. The summed E-state index contributed by atoms with van der Waals surface area (Å²) in [6, 6.07) is 5.45. The van der Waals surface area contributed by atoms with Crippen LogP contribution in [0.5, 0.6) is 5.75 Å². The third-order valence-electron chi connectivity index (χ3n) is 2.98. The standard InChI is InChI=1S/C11H16N2O3S/c12-17(15,16)6-5-13-11-4-1-8-7-9(14)2-3-10(8)11/h2-3,7,11,13-14H,1,4-6H2,(H2,12,15,16). The predicted octanol–water partition coefficient (Wildman–Crippen LogP) is 0.258. The van der Waals surface area contributed by atoms with Gasteiger partial charge < -0.3 is 10.4 Å². The highest BCUT2D eigenvalue weighted by atomic mass is 32.2. The molecule has 0 aliphatic heterocycles. The molecule has 4 N–H and O–H groups in total. The molecule has 94 valence electrons. The van der Waals surface area contributed by atoms with E-state index in [2.05, 4.69) is 5.32 Å². The Bertz CT molecular complexity index is 513. The van der Waals surface area contributed by atoms with Gasteiger partial charge in [0.2, 0.25) is 10.0 Å². The van der Waals surface area contributed by atoms with Gasteiger partial charge in [0.1, 0.15) is 5.75 Å². The summed E-state index contributed by atoms with van der Waals surface area (Å²) in [5, 5.41) is 17.5. The summed E-state index contributed by atoms with van der Waals surface area (Å²) in [6.07, 6.45) is 1.82. The van der Waals surface area contributed by atoms with E-state index in [4.69, 9.17) is 5.14 Å². The first kappa shape index (κ1) is 12.3. The van der Waals surface area contributed by atoms with Crippen molar-refractivity contribution in [3.63, 3.8) is 0 Å². The third-order valence-corrected chi connectivity index (χ3v) is 3.75. The molecular weight excluding hydrogens is 240 g/mol. The molecular formula is C11H16N2O3S. The third kappa shape index (κ3) is 3.18. The molecule has 0 aromatic heterocycles. The fourth-order valence-corrected chi connectivity index (χ4v) is 2.59. The molecule has 1 atom stereocenters. The topological polar surface area (TPSA) is 92.4 Å². The Morgan fingerprint density at radius 2 is 2.24 bits per heavy atom. The van der Waals surface area contributed by atoms with Crippen molar-refractivity contribution in [2.45, 2.75) is 18.9 Å². The van der Waals surface area contributed by atoms with E-state index >= 15 is 0 Å². The number of rotatable bonds is 4. The van der Waals surface area contributed by atoms with Crippen molar-refractivity contribution in [3.8, 4) is 5.75 Å². The zero-order valence-electron chi connectivity index (χ0n) is 9.39. The highest BCUT2D eigenvalue weighted by molar-refractivity contribution is 7.89. The van der Waals surface area contributed by atoms with E-state index < -0.39 is 10.0 Å². The maximum Gasteiger partial charge on any atom is 0.210 e. The normalized spacial score (nSPS) is 19.2. The van der Waals surface area contributed by atoms with Crippen molar-refractivity contribution in [3.05, 3.63) is 29.3 Å².